The minimum absolute atomic E-state index is 0.363. The van der Waals surface area contributed by atoms with Crippen molar-refractivity contribution in [2.24, 2.45) is 0 Å². The second-order valence-electron chi connectivity index (χ2n) is 2.12. The fourth-order valence-electron chi connectivity index (χ4n) is 0.715. The van der Waals surface area contributed by atoms with Gasteiger partial charge in [-0.05, 0) is 18.2 Å². The van der Waals surface area contributed by atoms with Gasteiger partial charge in [-0.1, -0.05) is 11.6 Å². The molecule has 1 aromatic carbocycles. The first-order valence-corrected chi connectivity index (χ1v) is 3.31. The summed E-state index contributed by atoms with van der Waals surface area (Å²) >= 11 is 5.19. The molecule has 0 fully saturated rings. The van der Waals surface area contributed by atoms with E-state index in [9.17, 15) is 17.6 Å². The second kappa shape index (κ2) is 2.94. The first kappa shape index (κ1) is 9.32. The average Bonchev–Trinajstić information content (AvgIpc) is 1.92. The Kier molecular flexibility index (Phi) is 2.28. The third-order valence-corrected chi connectivity index (χ3v) is 1.56. The molecule has 5 heteroatoms. The smallest absolute Gasteiger partial charge is 0.207 e. The Morgan fingerprint density at radius 2 is 1.75 bits per heavy atom. The van der Waals surface area contributed by atoms with E-state index in [1.807, 2.05) is 0 Å². The van der Waals surface area contributed by atoms with Crippen LogP contribution in [-0.4, -0.2) is 0 Å². The quantitative estimate of drug-likeness (QED) is 0.560. The Bertz CT molecular complexity index is 292. The lowest BCUT2D eigenvalue weighted by Crippen LogP contribution is -2.06. The summed E-state index contributed by atoms with van der Waals surface area (Å²) in [6.07, 6.45) is -4.60. The second-order valence-corrected chi connectivity index (χ2v) is 2.53. The highest BCUT2D eigenvalue weighted by atomic mass is 35.5. The van der Waals surface area contributed by atoms with Gasteiger partial charge < -0.3 is 0 Å². The van der Waals surface area contributed by atoms with Crippen molar-refractivity contribution in [1.82, 2.24) is 0 Å². The van der Waals surface area contributed by atoms with Crippen LogP contribution in [-0.2, 0) is 6.18 Å². The summed E-state index contributed by atoms with van der Waals surface area (Å²) in [7, 11) is 0. The van der Waals surface area contributed by atoms with Gasteiger partial charge in [0.2, 0.25) is 0 Å². The zero-order chi connectivity index (χ0) is 9.35. The highest BCUT2D eigenvalue weighted by Crippen LogP contribution is 2.34. The minimum Gasteiger partial charge on any atom is -0.207 e. The molecule has 0 aliphatic rings. The molecule has 0 aliphatic heterocycles. The maximum atomic E-state index is 12.3. The molecular formula is C7H3ClF4. The molecule has 0 atom stereocenters. The predicted molar refractivity (Wildman–Crippen MR) is 36.4 cm³/mol. The Balaban J connectivity index is 3.23. The van der Waals surface area contributed by atoms with Crippen LogP contribution in [0.5, 0.6) is 0 Å². The number of rotatable bonds is 0. The van der Waals surface area contributed by atoms with E-state index in [2.05, 4.69) is 0 Å². The fourth-order valence-corrected chi connectivity index (χ4v) is 0.939. The van der Waals surface area contributed by atoms with Crippen LogP contribution >= 0.6 is 11.6 Å². The van der Waals surface area contributed by atoms with Gasteiger partial charge in [0.1, 0.15) is 5.82 Å². The lowest BCUT2D eigenvalue weighted by Gasteiger charge is -2.07. The van der Waals surface area contributed by atoms with Crippen LogP contribution < -0.4 is 0 Å². The molecule has 0 aromatic heterocycles. The van der Waals surface area contributed by atoms with Gasteiger partial charge in [-0.3, -0.25) is 0 Å². The molecular weight excluding hydrogens is 196 g/mol. The van der Waals surface area contributed by atoms with Gasteiger partial charge in [-0.15, -0.1) is 0 Å². The highest BCUT2D eigenvalue weighted by molar-refractivity contribution is 6.31. The van der Waals surface area contributed by atoms with Crippen molar-refractivity contribution in [3.05, 3.63) is 34.6 Å². The molecule has 1 rings (SSSR count). The van der Waals surface area contributed by atoms with Crippen molar-refractivity contribution in [3.8, 4) is 0 Å². The molecule has 66 valence electrons. The van der Waals surface area contributed by atoms with E-state index in [-0.39, 0.29) is 0 Å². The van der Waals surface area contributed by atoms with E-state index >= 15 is 0 Å². The average molecular weight is 199 g/mol. The van der Waals surface area contributed by atoms with Crippen molar-refractivity contribution in [1.29, 1.82) is 0 Å². The minimum atomic E-state index is -4.60. The first-order valence-electron chi connectivity index (χ1n) is 2.93. The Morgan fingerprint density at radius 1 is 1.17 bits per heavy atom. The van der Waals surface area contributed by atoms with E-state index in [0.29, 0.717) is 6.07 Å². The zero-order valence-electron chi connectivity index (χ0n) is 5.62. The summed E-state index contributed by atoms with van der Waals surface area (Å²) in [6, 6.07) is 2.11. The summed E-state index contributed by atoms with van der Waals surface area (Å²) in [6.45, 7) is 0. The maximum Gasteiger partial charge on any atom is 0.417 e. The molecule has 0 N–H and O–H groups in total. The molecule has 0 aliphatic carbocycles. The van der Waals surface area contributed by atoms with Gasteiger partial charge in [-0.25, -0.2) is 4.39 Å². The van der Waals surface area contributed by atoms with Crippen LogP contribution in [0.1, 0.15) is 5.56 Å². The number of alkyl halides is 3. The third-order valence-electron chi connectivity index (χ3n) is 1.23. The highest BCUT2D eigenvalue weighted by Gasteiger charge is 2.33. The summed E-state index contributed by atoms with van der Waals surface area (Å²) in [5.41, 5.74) is -1.15. The van der Waals surface area contributed by atoms with Crippen LogP contribution in [0.15, 0.2) is 18.2 Å². The van der Waals surface area contributed by atoms with Crippen molar-refractivity contribution < 1.29 is 17.6 Å². The summed E-state index contributed by atoms with van der Waals surface area (Å²) in [4.78, 5) is 0. The Labute approximate surface area is 70.8 Å². The molecule has 0 radical (unpaired) electrons. The molecule has 0 heterocycles. The van der Waals surface area contributed by atoms with Crippen LogP contribution in [0.3, 0.4) is 0 Å². The Hall–Kier alpha value is -0.770. The van der Waals surface area contributed by atoms with Crippen LogP contribution in [0, 0.1) is 5.82 Å². The molecule has 0 saturated carbocycles. The number of hydrogen-bond acceptors (Lipinski definition) is 0. The van der Waals surface area contributed by atoms with Gasteiger partial charge in [-0.2, -0.15) is 13.2 Å². The van der Waals surface area contributed by atoms with E-state index in [1.54, 1.807) is 0 Å². The van der Waals surface area contributed by atoms with Crippen molar-refractivity contribution >= 4 is 11.6 Å². The molecule has 0 bridgehead atoms. The largest absolute Gasteiger partial charge is 0.417 e. The topological polar surface area (TPSA) is 0 Å². The summed E-state index contributed by atoms with van der Waals surface area (Å²) in [5, 5.41) is -0.496. The van der Waals surface area contributed by atoms with Crippen molar-refractivity contribution in [3.63, 3.8) is 0 Å². The van der Waals surface area contributed by atoms with Crippen LogP contribution in [0.2, 0.25) is 5.02 Å². The molecule has 12 heavy (non-hydrogen) atoms. The third kappa shape index (κ3) is 1.88. The van der Waals surface area contributed by atoms with Gasteiger partial charge in [0.15, 0.2) is 0 Å². The molecule has 0 spiro atoms. The molecule has 0 amide bonds. The molecule has 0 nitrogen and oxygen atoms in total. The van der Waals surface area contributed by atoms with Gasteiger partial charge in [0.05, 0.1) is 10.6 Å². The SMILES string of the molecule is Fc1ccc(Cl)c(C(F)(F)F)c1. The van der Waals surface area contributed by atoms with Crippen LogP contribution in [0.4, 0.5) is 17.6 Å². The number of hydrogen-bond donors (Lipinski definition) is 0. The summed E-state index contributed by atoms with van der Waals surface area (Å²) < 4.78 is 48.3. The molecule has 1 aromatic rings. The van der Waals surface area contributed by atoms with Gasteiger partial charge in [0.25, 0.3) is 0 Å². The lowest BCUT2D eigenvalue weighted by atomic mass is 10.2. The number of benzene rings is 1. The number of halogens is 5. The lowest BCUT2D eigenvalue weighted by molar-refractivity contribution is -0.137. The van der Waals surface area contributed by atoms with E-state index in [4.69, 9.17) is 11.6 Å². The zero-order valence-corrected chi connectivity index (χ0v) is 6.38. The standard InChI is InChI=1S/C7H3ClF4/c8-6-2-1-4(9)3-5(6)7(10,11)12/h1-3H. The fraction of sp³-hybridized carbons (Fsp3) is 0.143. The van der Waals surface area contributed by atoms with E-state index in [1.165, 1.54) is 0 Å². The van der Waals surface area contributed by atoms with Gasteiger partial charge >= 0.3 is 6.18 Å². The summed E-state index contributed by atoms with van der Waals surface area (Å²) in [5.74, 6) is -0.952. The van der Waals surface area contributed by atoms with Crippen LogP contribution in [0.25, 0.3) is 0 Å². The normalized spacial score (nSPS) is 11.8. The maximum absolute atomic E-state index is 12.3. The van der Waals surface area contributed by atoms with Gasteiger partial charge in [0, 0.05) is 0 Å². The molecule has 0 saturated heterocycles. The first-order chi connectivity index (χ1) is 5.41. The predicted octanol–water partition coefficient (Wildman–Crippen LogP) is 3.50. The van der Waals surface area contributed by atoms with E-state index < -0.39 is 22.6 Å². The Morgan fingerprint density at radius 3 is 2.17 bits per heavy atom. The molecule has 0 unspecified atom stereocenters. The van der Waals surface area contributed by atoms with Crippen molar-refractivity contribution in [2.75, 3.05) is 0 Å². The van der Waals surface area contributed by atoms with E-state index in [0.717, 1.165) is 12.1 Å². The van der Waals surface area contributed by atoms with Crippen molar-refractivity contribution in [2.45, 2.75) is 6.18 Å². The monoisotopic (exact) mass is 198 g/mol.